The summed E-state index contributed by atoms with van der Waals surface area (Å²) >= 11 is 0. The molecule has 1 aromatic rings. The Kier molecular flexibility index (Phi) is 16.7. The molecule has 0 unspecified atom stereocenters. The first-order chi connectivity index (χ1) is 22.1. The molecule has 0 spiro atoms. The predicted octanol–water partition coefficient (Wildman–Crippen LogP) is -2.57. The number of likely N-dealkylation sites (N-methyl/N-ethyl adjacent to an activating group) is 1. The Hall–Kier alpha value is -5.12. The van der Waals surface area contributed by atoms with Crippen molar-refractivity contribution in [1.82, 2.24) is 36.8 Å². The van der Waals surface area contributed by atoms with E-state index in [4.69, 9.17) is 4.74 Å². The predicted molar refractivity (Wildman–Crippen MR) is 163 cm³/mol. The van der Waals surface area contributed by atoms with Gasteiger partial charge in [-0.1, -0.05) is 36.8 Å². The number of hydrogen-bond acceptors (Lipinski definition) is 9. The Labute approximate surface area is 266 Å². The van der Waals surface area contributed by atoms with Crippen molar-refractivity contribution in [1.29, 1.82) is 0 Å². The van der Waals surface area contributed by atoms with E-state index in [1.165, 1.54) is 19.2 Å². The van der Waals surface area contributed by atoms with E-state index >= 15 is 0 Å². The zero-order valence-electron chi connectivity index (χ0n) is 25.7. The Morgan fingerprint density at radius 2 is 1.37 bits per heavy atom. The molecule has 0 aromatic heterocycles. The summed E-state index contributed by atoms with van der Waals surface area (Å²) in [7, 11) is 1.47. The van der Waals surface area contributed by atoms with Crippen molar-refractivity contribution in [2.75, 3.05) is 53.0 Å². The van der Waals surface area contributed by atoms with Gasteiger partial charge in [0.15, 0.2) is 0 Å². The zero-order chi connectivity index (χ0) is 33.7. The molecular weight excluding hydrogens is 602 g/mol. The van der Waals surface area contributed by atoms with Gasteiger partial charge >= 0.3 is 0 Å². The Balaban J connectivity index is 1.68. The van der Waals surface area contributed by atoms with Crippen LogP contribution in [0.3, 0.4) is 0 Å². The van der Waals surface area contributed by atoms with E-state index in [-0.39, 0.29) is 75.9 Å². The Morgan fingerprint density at radius 3 is 2.07 bits per heavy atom. The van der Waals surface area contributed by atoms with E-state index in [0.29, 0.717) is 19.3 Å². The van der Waals surface area contributed by atoms with Gasteiger partial charge < -0.3 is 36.6 Å². The molecule has 0 saturated carbocycles. The third kappa shape index (κ3) is 15.1. The molecule has 0 bridgehead atoms. The van der Waals surface area contributed by atoms with Crippen LogP contribution >= 0.6 is 0 Å². The summed E-state index contributed by atoms with van der Waals surface area (Å²) in [6.45, 7) is -0.811. The molecule has 0 aliphatic carbocycles. The maximum Gasteiger partial charge on any atom is 0.253 e. The first-order valence-corrected chi connectivity index (χ1v) is 14.8. The van der Waals surface area contributed by atoms with Crippen molar-refractivity contribution in [3.05, 3.63) is 48.0 Å². The van der Waals surface area contributed by atoms with Crippen LogP contribution in [0.1, 0.15) is 31.2 Å². The van der Waals surface area contributed by atoms with Gasteiger partial charge in [-0.3, -0.25) is 43.3 Å². The van der Waals surface area contributed by atoms with Gasteiger partial charge in [-0.05, 0) is 18.4 Å². The SMILES string of the molecule is CNC(=O)COCCNC(=O)CNC(=O)[C@H](Cc1ccccc1)NC(=O)CNC(=O)CNC(=O)CCCCCN1C(=O)C=CC1=O. The van der Waals surface area contributed by atoms with Crippen LogP contribution in [0.15, 0.2) is 42.5 Å². The number of rotatable bonds is 21. The van der Waals surface area contributed by atoms with Crippen LogP contribution in [0, 0.1) is 0 Å². The normalized spacial score (nSPS) is 12.7. The lowest BCUT2D eigenvalue weighted by atomic mass is 10.1. The molecule has 250 valence electrons. The van der Waals surface area contributed by atoms with E-state index in [1.807, 2.05) is 0 Å². The van der Waals surface area contributed by atoms with E-state index in [0.717, 1.165) is 10.5 Å². The molecule has 1 atom stereocenters. The second kappa shape index (κ2) is 20.8. The van der Waals surface area contributed by atoms with Crippen LogP contribution in [0.2, 0.25) is 0 Å². The molecule has 1 aliphatic heterocycles. The molecule has 0 fully saturated rings. The van der Waals surface area contributed by atoms with Gasteiger partial charge in [0, 0.05) is 45.1 Å². The van der Waals surface area contributed by atoms with Crippen LogP contribution in [-0.2, 0) is 49.5 Å². The largest absolute Gasteiger partial charge is 0.370 e. The molecule has 46 heavy (non-hydrogen) atoms. The lowest BCUT2D eigenvalue weighted by Crippen LogP contribution is -2.52. The van der Waals surface area contributed by atoms with Crippen LogP contribution in [0.5, 0.6) is 0 Å². The number of amides is 8. The minimum Gasteiger partial charge on any atom is -0.370 e. The fourth-order valence-corrected chi connectivity index (χ4v) is 4.05. The highest BCUT2D eigenvalue weighted by molar-refractivity contribution is 6.12. The third-order valence-electron chi connectivity index (χ3n) is 6.52. The number of carbonyl (C=O) groups is 8. The molecule has 0 radical (unpaired) electrons. The highest BCUT2D eigenvalue weighted by atomic mass is 16.5. The number of benzene rings is 1. The Morgan fingerprint density at radius 1 is 0.739 bits per heavy atom. The Bertz CT molecular complexity index is 1250. The van der Waals surface area contributed by atoms with E-state index in [1.54, 1.807) is 30.3 Å². The van der Waals surface area contributed by atoms with Gasteiger partial charge in [-0.15, -0.1) is 0 Å². The fourth-order valence-electron chi connectivity index (χ4n) is 4.05. The molecule has 1 heterocycles. The smallest absolute Gasteiger partial charge is 0.253 e. The van der Waals surface area contributed by atoms with Gasteiger partial charge in [0.1, 0.15) is 12.6 Å². The van der Waals surface area contributed by atoms with Gasteiger partial charge in [-0.25, -0.2) is 0 Å². The second-order valence-electron chi connectivity index (χ2n) is 10.1. The average molecular weight is 644 g/mol. The number of imide groups is 1. The van der Waals surface area contributed by atoms with Crippen molar-refractivity contribution in [3.8, 4) is 0 Å². The average Bonchev–Trinajstić information content (AvgIpc) is 3.37. The number of unbranched alkanes of at least 4 members (excludes halogenated alkanes) is 2. The van der Waals surface area contributed by atoms with E-state index in [2.05, 4.69) is 31.9 Å². The number of nitrogens with one attached hydrogen (secondary N) is 6. The molecular formula is C30H41N7O9. The van der Waals surface area contributed by atoms with Crippen LogP contribution in [0.25, 0.3) is 0 Å². The quantitative estimate of drug-likeness (QED) is 0.0611. The highest BCUT2D eigenvalue weighted by Gasteiger charge is 2.23. The summed E-state index contributed by atoms with van der Waals surface area (Å²) < 4.78 is 5.09. The molecule has 16 heteroatoms. The molecule has 1 aliphatic rings. The molecule has 6 N–H and O–H groups in total. The number of hydrogen-bond donors (Lipinski definition) is 6. The van der Waals surface area contributed by atoms with Crippen LogP contribution in [0.4, 0.5) is 0 Å². The number of ether oxygens (including phenoxy) is 1. The van der Waals surface area contributed by atoms with Crippen molar-refractivity contribution in [2.45, 2.75) is 38.1 Å². The maximum absolute atomic E-state index is 12.9. The van der Waals surface area contributed by atoms with Crippen molar-refractivity contribution in [3.63, 3.8) is 0 Å². The highest BCUT2D eigenvalue weighted by Crippen LogP contribution is 2.08. The summed E-state index contributed by atoms with van der Waals surface area (Å²) in [5, 5.41) is 14.8. The van der Waals surface area contributed by atoms with Gasteiger partial charge in [0.05, 0.1) is 26.2 Å². The maximum atomic E-state index is 12.9. The summed E-state index contributed by atoms with van der Waals surface area (Å²) in [6.07, 6.45) is 4.36. The van der Waals surface area contributed by atoms with Gasteiger partial charge in [0.25, 0.3) is 11.8 Å². The molecule has 1 aromatic carbocycles. The third-order valence-corrected chi connectivity index (χ3v) is 6.52. The standard InChI is InChI=1S/C30H41N7O9/c1-31-27(42)20-46-15-13-32-24(39)18-35-30(45)22(16-21-8-4-2-5-9-21)36-26(41)19-34-25(40)17-33-23(38)10-6-3-7-14-37-28(43)11-12-29(37)44/h2,4-5,8-9,11-12,22H,3,6-7,10,13-20H2,1H3,(H,31,42)(H,32,39)(H,33,38)(H,34,40)(H,35,45)(H,36,41)/t22-/m0/s1. The zero-order valence-corrected chi connectivity index (χ0v) is 25.7. The van der Waals surface area contributed by atoms with Crippen LogP contribution in [-0.4, -0.2) is 111 Å². The van der Waals surface area contributed by atoms with Crippen molar-refractivity contribution in [2.24, 2.45) is 0 Å². The van der Waals surface area contributed by atoms with Crippen LogP contribution < -0.4 is 31.9 Å². The number of carbonyl (C=O) groups excluding carboxylic acids is 8. The monoisotopic (exact) mass is 643 g/mol. The molecule has 16 nitrogen and oxygen atoms in total. The van der Waals surface area contributed by atoms with E-state index < -0.39 is 36.2 Å². The first kappa shape index (κ1) is 37.1. The molecule has 8 amide bonds. The molecule has 2 rings (SSSR count). The minimum atomic E-state index is -1.05. The second-order valence-corrected chi connectivity index (χ2v) is 10.1. The lowest BCUT2D eigenvalue weighted by molar-refractivity contribution is -0.137. The number of nitrogens with zero attached hydrogens (tertiary/aromatic N) is 1. The summed E-state index contributed by atoms with van der Waals surface area (Å²) in [4.78, 5) is 97.0. The topological polar surface area (TPSA) is 221 Å². The fraction of sp³-hybridized carbons (Fsp3) is 0.467. The molecule has 0 saturated heterocycles. The van der Waals surface area contributed by atoms with Crippen molar-refractivity contribution < 1.29 is 43.1 Å². The lowest BCUT2D eigenvalue weighted by Gasteiger charge is -2.19. The van der Waals surface area contributed by atoms with Gasteiger partial charge in [-0.2, -0.15) is 0 Å². The van der Waals surface area contributed by atoms with Crippen molar-refractivity contribution >= 4 is 47.3 Å². The van der Waals surface area contributed by atoms with Gasteiger partial charge in [0.2, 0.25) is 35.4 Å². The minimum absolute atomic E-state index is 0.0977. The summed E-state index contributed by atoms with van der Waals surface area (Å²) in [6, 6.07) is 7.85. The van der Waals surface area contributed by atoms with E-state index in [9.17, 15) is 38.4 Å². The summed E-state index contributed by atoms with van der Waals surface area (Å²) in [5.41, 5.74) is 0.752. The summed E-state index contributed by atoms with van der Waals surface area (Å²) in [5.74, 6) is -3.74. The first-order valence-electron chi connectivity index (χ1n) is 14.8.